The van der Waals surface area contributed by atoms with Crippen LogP contribution in [0.15, 0.2) is 36.4 Å². The number of rotatable bonds is 4. The first-order chi connectivity index (χ1) is 13.8. The monoisotopic (exact) mass is 408 g/mol. The van der Waals surface area contributed by atoms with Crippen molar-refractivity contribution in [3.8, 4) is 0 Å². The van der Waals surface area contributed by atoms with E-state index in [4.69, 9.17) is 11.5 Å². The van der Waals surface area contributed by atoms with Crippen LogP contribution < -0.4 is 11.5 Å². The van der Waals surface area contributed by atoms with Crippen molar-refractivity contribution in [2.45, 2.75) is 56.8 Å². The molecule has 2 atom stereocenters. The smallest absolute Gasteiger partial charge is 0.182 e. The SMILES string of the molecule is NC1(N)N(Cc2ccc(F)c(F)c2)[C@@H]2CCCC[C@H]2N1Cc1ccc(F)c(F)c1. The molecule has 4 N–H and O–H groups in total. The van der Waals surface area contributed by atoms with Crippen LogP contribution in [-0.4, -0.2) is 27.8 Å². The second-order valence-corrected chi connectivity index (χ2v) is 7.95. The van der Waals surface area contributed by atoms with E-state index in [1.54, 1.807) is 0 Å². The van der Waals surface area contributed by atoms with Gasteiger partial charge in [-0.3, -0.25) is 21.3 Å². The van der Waals surface area contributed by atoms with E-state index in [-0.39, 0.29) is 25.2 Å². The quantitative estimate of drug-likeness (QED) is 0.602. The Balaban J connectivity index is 1.63. The number of nitrogens with zero attached hydrogens (tertiary/aromatic N) is 2. The summed E-state index contributed by atoms with van der Waals surface area (Å²) < 4.78 is 54.0. The lowest BCUT2D eigenvalue weighted by atomic mass is 9.90. The Hall–Kier alpha value is -2.00. The lowest BCUT2D eigenvalue weighted by Crippen LogP contribution is -2.68. The molecular formula is C21H24F4N4. The molecule has 0 radical (unpaired) electrons. The van der Waals surface area contributed by atoms with Crippen LogP contribution in [0.1, 0.15) is 36.8 Å². The highest BCUT2D eigenvalue weighted by Crippen LogP contribution is 2.39. The molecule has 4 nitrogen and oxygen atoms in total. The summed E-state index contributed by atoms with van der Waals surface area (Å²) in [6.07, 6.45) is 3.78. The van der Waals surface area contributed by atoms with Crippen LogP contribution in [0.3, 0.4) is 0 Å². The minimum absolute atomic E-state index is 0.0390. The number of hydrogen-bond donors (Lipinski definition) is 2. The first-order valence-electron chi connectivity index (χ1n) is 9.76. The fourth-order valence-electron chi connectivity index (χ4n) is 4.67. The molecule has 0 spiro atoms. The lowest BCUT2D eigenvalue weighted by Gasteiger charge is -2.38. The van der Waals surface area contributed by atoms with E-state index in [2.05, 4.69) is 0 Å². The average Bonchev–Trinajstić information content (AvgIpc) is 2.89. The first kappa shape index (κ1) is 20.3. The minimum atomic E-state index is -1.37. The highest BCUT2D eigenvalue weighted by Gasteiger charge is 2.53. The van der Waals surface area contributed by atoms with Crippen molar-refractivity contribution in [1.82, 2.24) is 9.80 Å². The fourth-order valence-corrected chi connectivity index (χ4v) is 4.67. The molecule has 8 heteroatoms. The Morgan fingerprint density at radius 1 is 0.724 bits per heavy atom. The van der Waals surface area contributed by atoms with Crippen LogP contribution in [0.2, 0.25) is 0 Å². The molecule has 1 saturated heterocycles. The molecule has 2 aromatic carbocycles. The number of fused-ring (bicyclic) bond motifs is 1. The van der Waals surface area contributed by atoms with Crippen LogP contribution in [-0.2, 0) is 13.1 Å². The van der Waals surface area contributed by atoms with Crippen molar-refractivity contribution in [3.63, 3.8) is 0 Å². The van der Waals surface area contributed by atoms with Gasteiger partial charge >= 0.3 is 0 Å². The van der Waals surface area contributed by atoms with Crippen molar-refractivity contribution < 1.29 is 17.6 Å². The molecule has 0 aromatic heterocycles. The van der Waals surface area contributed by atoms with E-state index in [9.17, 15) is 17.6 Å². The van der Waals surface area contributed by atoms with Gasteiger partial charge in [-0.05, 0) is 48.2 Å². The third kappa shape index (κ3) is 3.77. The van der Waals surface area contributed by atoms with Crippen molar-refractivity contribution in [3.05, 3.63) is 70.8 Å². The molecular weight excluding hydrogens is 384 g/mol. The summed E-state index contributed by atoms with van der Waals surface area (Å²) in [5.74, 6) is -5.01. The zero-order chi connectivity index (χ0) is 20.8. The van der Waals surface area contributed by atoms with Gasteiger partial charge in [0.1, 0.15) is 0 Å². The molecule has 4 rings (SSSR count). The standard InChI is InChI=1S/C21H24F4N4/c22-15-7-5-13(9-17(15)24)11-28-19-3-1-2-4-20(19)29(21(28,26)27)12-14-6-8-16(23)18(25)10-14/h5-10,19-20H,1-4,11-12,26-27H2/t19-,20-/m1/s1. The Morgan fingerprint density at radius 3 is 1.52 bits per heavy atom. The molecule has 1 saturated carbocycles. The summed E-state index contributed by atoms with van der Waals surface area (Å²) in [6, 6.07) is 7.60. The molecule has 0 amide bonds. The maximum Gasteiger partial charge on any atom is 0.182 e. The summed E-state index contributed by atoms with van der Waals surface area (Å²) >= 11 is 0. The first-order valence-corrected chi connectivity index (χ1v) is 9.76. The number of halogens is 4. The number of benzene rings is 2. The predicted octanol–water partition coefficient (Wildman–Crippen LogP) is 3.40. The van der Waals surface area contributed by atoms with Gasteiger partial charge in [-0.25, -0.2) is 17.6 Å². The molecule has 0 unspecified atom stereocenters. The summed E-state index contributed by atoms with van der Waals surface area (Å²) in [6.45, 7) is 0.527. The number of nitrogens with two attached hydrogens (primary N) is 2. The molecule has 1 heterocycles. The van der Waals surface area contributed by atoms with Crippen LogP contribution >= 0.6 is 0 Å². The van der Waals surface area contributed by atoms with E-state index in [0.29, 0.717) is 11.1 Å². The van der Waals surface area contributed by atoms with Gasteiger partial charge in [0, 0.05) is 25.2 Å². The minimum Gasteiger partial charge on any atom is -0.288 e. The van der Waals surface area contributed by atoms with Gasteiger partial charge in [0.15, 0.2) is 29.2 Å². The summed E-state index contributed by atoms with van der Waals surface area (Å²) in [4.78, 5) is 3.81. The van der Waals surface area contributed by atoms with Gasteiger partial charge in [0.25, 0.3) is 0 Å². The van der Waals surface area contributed by atoms with Gasteiger partial charge in [-0.2, -0.15) is 0 Å². The molecule has 1 aliphatic carbocycles. The Bertz CT molecular complexity index is 833. The van der Waals surface area contributed by atoms with Crippen molar-refractivity contribution in [2.75, 3.05) is 0 Å². The van der Waals surface area contributed by atoms with Crippen molar-refractivity contribution >= 4 is 0 Å². The molecule has 2 aromatic rings. The highest BCUT2D eigenvalue weighted by molar-refractivity contribution is 5.21. The van der Waals surface area contributed by atoms with Crippen LogP contribution in [0, 0.1) is 23.3 Å². The maximum absolute atomic E-state index is 13.7. The molecule has 2 fully saturated rings. The summed E-state index contributed by atoms with van der Waals surface area (Å²) in [7, 11) is 0. The van der Waals surface area contributed by atoms with Gasteiger partial charge in [0.05, 0.1) is 0 Å². The third-order valence-electron chi connectivity index (χ3n) is 6.09. The largest absolute Gasteiger partial charge is 0.288 e. The van der Waals surface area contributed by atoms with Crippen LogP contribution in [0.4, 0.5) is 17.6 Å². The van der Waals surface area contributed by atoms with Crippen molar-refractivity contribution in [1.29, 1.82) is 0 Å². The van der Waals surface area contributed by atoms with E-state index < -0.39 is 29.2 Å². The summed E-state index contributed by atoms with van der Waals surface area (Å²) in [5, 5.41) is 0. The summed E-state index contributed by atoms with van der Waals surface area (Å²) in [5.41, 5.74) is 14.2. The molecule has 1 aliphatic heterocycles. The Kier molecular flexibility index (Phi) is 5.37. The van der Waals surface area contributed by atoms with Gasteiger partial charge < -0.3 is 0 Å². The molecule has 29 heavy (non-hydrogen) atoms. The Morgan fingerprint density at radius 2 is 1.14 bits per heavy atom. The predicted molar refractivity (Wildman–Crippen MR) is 101 cm³/mol. The molecule has 156 valence electrons. The average molecular weight is 408 g/mol. The van der Waals surface area contributed by atoms with E-state index >= 15 is 0 Å². The zero-order valence-electron chi connectivity index (χ0n) is 15.9. The third-order valence-corrected chi connectivity index (χ3v) is 6.09. The second-order valence-electron chi connectivity index (χ2n) is 7.95. The second kappa shape index (κ2) is 7.68. The van der Waals surface area contributed by atoms with Gasteiger partial charge in [-0.1, -0.05) is 25.0 Å². The zero-order valence-corrected chi connectivity index (χ0v) is 15.9. The maximum atomic E-state index is 13.7. The van der Waals surface area contributed by atoms with Crippen molar-refractivity contribution in [2.24, 2.45) is 11.5 Å². The molecule has 2 aliphatic rings. The van der Waals surface area contributed by atoms with E-state index in [1.165, 1.54) is 12.1 Å². The normalized spacial score (nSPS) is 24.6. The lowest BCUT2D eigenvalue weighted by molar-refractivity contribution is -0.00383. The Labute approximate surface area is 167 Å². The van der Waals surface area contributed by atoms with E-state index in [1.807, 2.05) is 9.80 Å². The van der Waals surface area contributed by atoms with Gasteiger partial charge in [-0.15, -0.1) is 0 Å². The number of hydrogen-bond acceptors (Lipinski definition) is 4. The molecule has 0 bridgehead atoms. The van der Waals surface area contributed by atoms with Gasteiger partial charge in [0.2, 0.25) is 0 Å². The highest BCUT2D eigenvalue weighted by atomic mass is 19.2. The fraction of sp³-hybridized carbons (Fsp3) is 0.429. The topological polar surface area (TPSA) is 58.5 Å². The van der Waals surface area contributed by atoms with Crippen LogP contribution in [0.25, 0.3) is 0 Å². The van der Waals surface area contributed by atoms with Crippen LogP contribution in [0.5, 0.6) is 0 Å². The van der Waals surface area contributed by atoms with E-state index in [0.717, 1.165) is 49.9 Å².